The number of carbonyl (C=O) groups is 2. The molecule has 0 saturated heterocycles. The molecule has 0 unspecified atom stereocenters. The van der Waals surface area contributed by atoms with Gasteiger partial charge in [-0.25, -0.2) is 4.79 Å². The molecule has 1 aromatic heterocycles. The molecule has 34 heavy (non-hydrogen) atoms. The van der Waals surface area contributed by atoms with Crippen molar-refractivity contribution in [3.8, 4) is 11.1 Å². The van der Waals surface area contributed by atoms with Crippen LogP contribution in [0, 0.1) is 5.41 Å². The van der Waals surface area contributed by atoms with E-state index < -0.39 is 17.6 Å². The number of aliphatic carboxylic acids is 1. The van der Waals surface area contributed by atoms with Crippen LogP contribution in [0.1, 0.15) is 61.9 Å². The summed E-state index contributed by atoms with van der Waals surface area (Å²) in [5.74, 6) is -0.354. The number of amides is 1. The quantitative estimate of drug-likeness (QED) is 0.527. The zero-order valence-electron chi connectivity index (χ0n) is 19.2. The van der Waals surface area contributed by atoms with Crippen molar-refractivity contribution in [3.05, 3.63) is 71.4 Å². The second-order valence-corrected chi connectivity index (χ2v) is 9.96. The Balaban J connectivity index is 1.30. The van der Waals surface area contributed by atoms with Gasteiger partial charge in [0.2, 0.25) is 5.89 Å². The summed E-state index contributed by atoms with van der Waals surface area (Å²) >= 11 is 0. The Morgan fingerprint density at radius 1 is 1.09 bits per heavy atom. The minimum Gasteiger partial charge on any atom is -0.481 e. The Kier molecular flexibility index (Phi) is 5.38. The molecular weight excluding hydrogens is 434 g/mol. The van der Waals surface area contributed by atoms with E-state index in [0.717, 1.165) is 11.1 Å². The number of alkyl carbamates (subject to hydrolysis) is 1. The second kappa shape index (κ2) is 8.27. The number of fused-ring (bicyclic) bond motifs is 3. The van der Waals surface area contributed by atoms with Crippen LogP contribution in [0.2, 0.25) is 0 Å². The summed E-state index contributed by atoms with van der Waals surface area (Å²) in [6.45, 7) is 4.43. The average Bonchev–Trinajstić information content (AvgIpc) is 3.38. The average molecular weight is 462 g/mol. The summed E-state index contributed by atoms with van der Waals surface area (Å²) < 4.78 is 11.0. The summed E-state index contributed by atoms with van der Waals surface area (Å²) in [6, 6.07) is 16.4. The van der Waals surface area contributed by atoms with Gasteiger partial charge in [-0.2, -0.15) is 4.98 Å². The summed E-state index contributed by atoms with van der Waals surface area (Å²) in [4.78, 5) is 28.2. The molecule has 1 saturated carbocycles. The molecule has 0 bridgehead atoms. The van der Waals surface area contributed by atoms with Gasteiger partial charge in [-0.15, -0.1) is 0 Å². The predicted molar refractivity (Wildman–Crippen MR) is 123 cm³/mol. The zero-order valence-corrected chi connectivity index (χ0v) is 19.2. The van der Waals surface area contributed by atoms with E-state index in [0.29, 0.717) is 18.7 Å². The van der Waals surface area contributed by atoms with E-state index in [1.165, 1.54) is 11.1 Å². The summed E-state index contributed by atoms with van der Waals surface area (Å²) in [5, 5.41) is 15.9. The molecule has 1 amide bonds. The van der Waals surface area contributed by atoms with E-state index >= 15 is 0 Å². The first kappa shape index (κ1) is 22.1. The maximum absolute atomic E-state index is 12.9. The van der Waals surface area contributed by atoms with Crippen LogP contribution < -0.4 is 5.32 Å². The third kappa shape index (κ3) is 4.04. The number of hydrogen-bond acceptors (Lipinski definition) is 6. The number of nitrogens with zero attached hydrogens (tertiary/aromatic N) is 2. The van der Waals surface area contributed by atoms with E-state index in [1.54, 1.807) is 0 Å². The molecule has 0 atom stereocenters. The fraction of sp³-hybridized carbons (Fsp3) is 0.385. The molecule has 5 rings (SSSR count). The monoisotopic (exact) mass is 461 g/mol. The number of carboxylic acid groups (broad SMARTS) is 1. The van der Waals surface area contributed by atoms with Crippen molar-refractivity contribution >= 4 is 12.1 Å². The lowest BCUT2D eigenvalue weighted by atomic mass is 9.59. The SMILES string of the molecule is CC1(C)CC(NC(=O)OCC2c3ccccc3-c3ccccc32)(c2noc(CCC(=O)O)n2)C1. The number of aryl methyl sites for hydroxylation is 1. The molecule has 0 aliphatic heterocycles. The number of hydrogen-bond donors (Lipinski definition) is 2. The van der Waals surface area contributed by atoms with Crippen molar-refractivity contribution in [3.63, 3.8) is 0 Å². The Morgan fingerprint density at radius 3 is 2.29 bits per heavy atom. The first-order valence-electron chi connectivity index (χ1n) is 11.4. The topological polar surface area (TPSA) is 115 Å². The maximum Gasteiger partial charge on any atom is 0.407 e. The molecule has 3 aromatic rings. The van der Waals surface area contributed by atoms with Crippen molar-refractivity contribution in [2.24, 2.45) is 5.41 Å². The molecule has 8 heteroatoms. The molecule has 2 N–H and O–H groups in total. The lowest BCUT2D eigenvalue weighted by Gasteiger charge is -2.51. The number of rotatable bonds is 7. The lowest BCUT2D eigenvalue weighted by Crippen LogP contribution is -2.58. The van der Waals surface area contributed by atoms with Gasteiger partial charge in [0.1, 0.15) is 12.1 Å². The van der Waals surface area contributed by atoms with Crippen LogP contribution in [0.4, 0.5) is 4.79 Å². The lowest BCUT2D eigenvalue weighted by molar-refractivity contribution is -0.137. The van der Waals surface area contributed by atoms with Gasteiger partial charge < -0.3 is 19.7 Å². The Hall–Kier alpha value is -3.68. The van der Waals surface area contributed by atoms with Crippen molar-refractivity contribution in [2.75, 3.05) is 6.61 Å². The van der Waals surface area contributed by atoms with Crippen molar-refractivity contribution in [1.82, 2.24) is 15.5 Å². The third-order valence-electron chi connectivity index (χ3n) is 6.69. The normalized spacial score (nSPS) is 17.4. The molecule has 0 radical (unpaired) electrons. The van der Waals surface area contributed by atoms with Gasteiger partial charge in [-0.3, -0.25) is 4.79 Å². The number of aromatic nitrogens is 2. The summed E-state index contributed by atoms with van der Waals surface area (Å²) in [7, 11) is 0. The Labute approximate surface area is 197 Å². The van der Waals surface area contributed by atoms with E-state index in [1.807, 2.05) is 24.3 Å². The Morgan fingerprint density at radius 2 is 1.71 bits per heavy atom. The molecule has 2 aromatic carbocycles. The third-order valence-corrected chi connectivity index (χ3v) is 6.69. The molecule has 8 nitrogen and oxygen atoms in total. The molecule has 1 heterocycles. The van der Waals surface area contributed by atoms with Crippen molar-refractivity contribution in [2.45, 2.75) is 51.0 Å². The van der Waals surface area contributed by atoms with Gasteiger partial charge in [0.25, 0.3) is 0 Å². The first-order chi connectivity index (χ1) is 16.3. The van der Waals surface area contributed by atoms with E-state index in [9.17, 15) is 9.59 Å². The van der Waals surface area contributed by atoms with Crippen LogP contribution in [0.15, 0.2) is 53.1 Å². The van der Waals surface area contributed by atoms with Crippen LogP contribution >= 0.6 is 0 Å². The largest absolute Gasteiger partial charge is 0.481 e. The van der Waals surface area contributed by atoms with Gasteiger partial charge in [-0.1, -0.05) is 67.5 Å². The minimum absolute atomic E-state index is 0.00152. The highest BCUT2D eigenvalue weighted by molar-refractivity contribution is 5.79. The highest BCUT2D eigenvalue weighted by Crippen LogP contribution is 2.53. The minimum atomic E-state index is -0.934. The second-order valence-electron chi connectivity index (χ2n) is 9.96. The summed E-state index contributed by atoms with van der Waals surface area (Å²) in [6.07, 6.45) is 0.769. The molecule has 2 aliphatic carbocycles. The smallest absolute Gasteiger partial charge is 0.407 e. The van der Waals surface area contributed by atoms with Gasteiger partial charge in [0, 0.05) is 12.3 Å². The first-order valence-corrected chi connectivity index (χ1v) is 11.4. The highest BCUT2D eigenvalue weighted by Gasteiger charge is 2.54. The standard InChI is InChI=1S/C26H27N3O5/c1-25(2)14-26(15-25,23-27-21(34-29-23)11-12-22(30)31)28-24(32)33-13-20-18-9-5-3-7-16(18)17-8-4-6-10-19(17)20/h3-10,20H,11-15H2,1-2H3,(H,28,32)(H,30,31). The molecule has 0 spiro atoms. The van der Waals surface area contributed by atoms with Crippen LogP contribution in [-0.2, 0) is 21.5 Å². The number of carboxylic acids is 1. The molecule has 176 valence electrons. The van der Waals surface area contributed by atoms with Crippen molar-refractivity contribution in [1.29, 1.82) is 0 Å². The molecular formula is C26H27N3O5. The van der Waals surface area contributed by atoms with Gasteiger partial charge in [-0.05, 0) is 40.5 Å². The van der Waals surface area contributed by atoms with Crippen molar-refractivity contribution < 1.29 is 24.0 Å². The van der Waals surface area contributed by atoms with Gasteiger partial charge in [0.15, 0.2) is 5.82 Å². The van der Waals surface area contributed by atoms with E-state index in [-0.39, 0.29) is 36.7 Å². The highest BCUT2D eigenvalue weighted by atomic mass is 16.5. The zero-order chi connectivity index (χ0) is 23.9. The predicted octanol–water partition coefficient (Wildman–Crippen LogP) is 4.64. The van der Waals surface area contributed by atoms with E-state index in [4.69, 9.17) is 14.4 Å². The number of benzene rings is 2. The fourth-order valence-electron chi connectivity index (χ4n) is 5.48. The van der Waals surface area contributed by atoms with Crippen LogP contribution in [-0.4, -0.2) is 33.9 Å². The van der Waals surface area contributed by atoms with Crippen LogP contribution in [0.25, 0.3) is 11.1 Å². The van der Waals surface area contributed by atoms with E-state index in [2.05, 4.69) is 53.6 Å². The fourth-order valence-corrected chi connectivity index (χ4v) is 5.48. The molecule has 2 aliphatic rings. The van der Waals surface area contributed by atoms with Crippen LogP contribution in [0.3, 0.4) is 0 Å². The van der Waals surface area contributed by atoms with Gasteiger partial charge in [0.05, 0.1) is 6.42 Å². The molecule has 1 fully saturated rings. The summed E-state index contributed by atoms with van der Waals surface area (Å²) in [5.41, 5.74) is 3.85. The number of nitrogens with one attached hydrogen (secondary N) is 1. The Bertz CT molecular complexity index is 1190. The number of carbonyl (C=O) groups excluding carboxylic acids is 1. The maximum atomic E-state index is 12.9. The van der Waals surface area contributed by atoms with Gasteiger partial charge >= 0.3 is 12.1 Å². The number of ether oxygens (including phenoxy) is 1. The van der Waals surface area contributed by atoms with Crippen LogP contribution in [0.5, 0.6) is 0 Å².